The van der Waals surface area contributed by atoms with Crippen molar-refractivity contribution in [1.82, 2.24) is 10.6 Å². The highest BCUT2D eigenvalue weighted by molar-refractivity contribution is 5.75. The number of halogens is 2. The SMILES string of the molecule is O=C(CCOCC(F)F)NCC1CNCCO1. The Hall–Kier alpha value is -0.790. The van der Waals surface area contributed by atoms with Crippen molar-refractivity contribution in [3.8, 4) is 0 Å². The van der Waals surface area contributed by atoms with Gasteiger partial charge in [0.2, 0.25) is 5.91 Å². The van der Waals surface area contributed by atoms with Crippen molar-refractivity contribution in [3.63, 3.8) is 0 Å². The average Bonchev–Trinajstić information content (AvgIpc) is 2.33. The first-order valence-corrected chi connectivity index (χ1v) is 5.63. The van der Waals surface area contributed by atoms with Crippen LogP contribution in [0.25, 0.3) is 0 Å². The fourth-order valence-electron chi connectivity index (χ4n) is 1.40. The van der Waals surface area contributed by atoms with Crippen LogP contribution in [-0.2, 0) is 14.3 Å². The monoisotopic (exact) mass is 252 g/mol. The number of alkyl halides is 2. The highest BCUT2D eigenvalue weighted by atomic mass is 19.3. The van der Waals surface area contributed by atoms with E-state index in [1.165, 1.54) is 0 Å². The molecule has 1 saturated heterocycles. The first kappa shape index (κ1) is 14.3. The Labute approximate surface area is 98.8 Å². The molecule has 1 heterocycles. The van der Waals surface area contributed by atoms with Gasteiger partial charge in [-0.15, -0.1) is 0 Å². The van der Waals surface area contributed by atoms with Crippen molar-refractivity contribution in [2.24, 2.45) is 0 Å². The normalized spacial score (nSPS) is 20.5. The molecule has 0 aliphatic carbocycles. The second-order valence-corrected chi connectivity index (χ2v) is 3.72. The number of carbonyl (C=O) groups is 1. The summed E-state index contributed by atoms with van der Waals surface area (Å²) < 4.78 is 33.4. The molecule has 0 radical (unpaired) electrons. The van der Waals surface area contributed by atoms with E-state index in [1.54, 1.807) is 0 Å². The van der Waals surface area contributed by atoms with E-state index < -0.39 is 13.0 Å². The lowest BCUT2D eigenvalue weighted by Crippen LogP contribution is -2.45. The Kier molecular flexibility index (Phi) is 6.99. The van der Waals surface area contributed by atoms with E-state index in [9.17, 15) is 13.6 Å². The topological polar surface area (TPSA) is 59.6 Å². The van der Waals surface area contributed by atoms with Crippen LogP contribution in [0, 0.1) is 0 Å². The van der Waals surface area contributed by atoms with Gasteiger partial charge in [0, 0.05) is 26.1 Å². The minimum absolute atomic E-state index is 0.0138. The highest BCUT2D eigenvalue weighted by Gasteiger charge is 2.14. The third kappa shape index (κ3) is 7.19. The fourth-order valence-corrected chi connectivity index (χ4v) is 1.40. The maximum absolute atomic E-state index is 11.7. The Bertz CT molecular complexity index is 224. The predicted octanol–water partition coefficient (Wildman–Crippen LogP) is -0.237. The van der Waals surface area contributed by atoms with Crippen molar-refractivity contribution < 1.29 is 23.0 Å². The first-order chi connectivity index (χ1) is 8.18. The van der Waals surface area contributed by atoms with Gasteiger partial charge in [-0.3, -0.25) is 4.79 Å². The van der Waals surface area contributed by atoms with E-state index in [4.69, 9.17) is 4.74 Å². The molecule has 2 N–H and O–H groups in total. The number of ether oxygens (including phenoxy) is 2. The van der Waals surface area contributed by atoms with Crippen LogP contribution >= 0.6 is 0 Å². The highest BCUT2D eigenvalue weighted by Crippen LogP contribution is 1.95. The van der Waals surface area contributed by atoms with E-state index in [0.717, 1.165) is 6.54 Å². The minimum Gasteiger partial charge on any atom is -0.375 e. The van der Waals surface area contributed by atoms with E-state index >= 15 is 0 Å². The van der Waals surface area contributed by atoms with Gasteiger partial charge in [-0.1, -0.05) is 0 Å². The summed E-state index contributed by atoms with van der Waals surface area (Å²) in [7, 11) is 0. The summed E-state index contributed by atoms with van der Waals surface area (Å²) in [6.45, 7) is 2.00. The van der Waals surface area contributed by atoms with Gasteiger partial charge in [-0.2, -0.15) is 0 Å². The molecular formula is C10H18F2N2O3. The Morgan fingerprint density at radius 3 is 3.06 bits per heavy atom. The van der Waals surface area contributed by atoms with Gasteiger partial charge in [-0.25, -0.2) is 8.78 Å². The van der Waals surface area contributed by atoms with E-state index in [0.29, 0.717) is 19.7 Å². The van der Waals surface area contributed by atoms with Gasteiger partial charge in [-0.05, 0) is 0 Å². The maximum Gasteiger partial charge on any atom is 0.261 e. The molecule has 1 amide bonds. The van der Waals surface area contributed by atoms with Crippen LogP contribution < -0.4 is 10.6 Å². The summed E-state index contributed by atoms with van der Waals surface area (Å²) in [5.41, 5.74) is 0. The summed E-state index contributed by atoms with van der Waals surface area (Å²) in [6, 6.07) is 0. The molecule has 1 rings (SSSR count). The third-order valence-corrected chi connectivity index (χ3v) is 2.25. The van der Waals surface area contributed by atoms with Crippen LogP contribution in [0.1, 0.15) is 6.42 Å². The smallest absolute Gasteiger partial charge is 0.261 e. The number of hydrogen-bond donors (Lipinski definition) is 2. The summed E-state index contributed by atoms with van der Waals surface area (Å²) in [6.07, 6.45) is -2.41. The maximum atomic E-state index is 11.7. The van der Waals surface area contributed by atoms with E-state index in [-0.39, 0.29) is 25.0 Å². The van der Waals surface area contributed by atoms with E-state index in [1.807, 2.05) is 0 Å². The molecule has 5 nitrogen and oxygen atoms in total. The molecule has 0 aromatic rings. The van der Waals surface area contributed by atoms with Crippen molar-refractivity contribution in [2.45, 2.75) is 19.0 Å². The molecule has 0 aromatic heterocycles. The molecular weight excluding hydrogens is 234 g/mol. The summed E-state index contributed by atoms with van der Waals surface area (Å²) in [5.74, 6) is -0.214. The zero-order valence-corrected chi connectivity index (χ0v) is 9.59. The molecule has 0 bridgehead atoms. The van der Waals surface area contributed by atoms with Gasteiger partial charge in [0.1, 0.15) is 6.61 Å². The lowest BCUT2D eigenvalue weighted by Gasteiger charge is -2.23. The average molecular weight is 252 g/mol. The van der Waals surface area contributed by atoms with Crippen molar-refractivity contribution >= 4 is 5.91 Å². The summed E-state index contributed by atoms with van der Waals surface area (Å²) in [4.78, 5) is 11.3. The van der Waals surface area contributed by atoms with Gasteiger partial charge >= 0.3 is 0 Å². The van der Waals surface area contributed by atoms with Crippen LogP contribution in [-0.4, -0.2) is 57.9 Å². The number of hydrogen-bond acceptors (Lipinski definition) is 4. The Morgan fingerprint density at radius 2 is 2.41 bits per heavy atom. The number of morpholine rings is 1. The van der Waals surface area contributed by atoms with Gasteiger partial charge in [0.15, 0.2) is 0 Å². The number of amides is 1. The number of carbonyl (C=O) groups excluding carboxylic acids is 1. The van der Waals surface area contributed by atoms with Crippen LogP contribution in [0.4, 0.5) is 8.78 Å². The quantitative estimate of drug-likeness (QED) is 0.614. The van der Waals surface area contributed by atoms with Crippen LogP contribution in [0.3, 0.4) is 0 Å². The molecule has 7 heteroatoms. The van der Waals surface area contributed by atoms with Crippen LogP contribution in [0.2, 0.25) is 0 Å². The molecule has 1 aliphatic rings. The Balaban J connectivity index is 1.96. The summed E-state index contributed by atoms with van der Waals surface area (Å²) in [5, 5.41) is 5.81. The molecule has 100 valence electrons. The molecule has 0 aromatic carbocycles. The van der Waals surface area contributed by atoms with Gasteiger partial charge in [0.05, 0.1) is 19.3 Å². The van der Waals surface area contributed by atoms with Gasteiger partial charge in [0.25, 0.3) is 6.43 Å². The zero-order valence-electron chi connectivity index (χ0n) is 9.59. The largest absolute Gasteiger partial charge is 0.375 e. The van der Waals surface area contributed by atoms with Crippen LogP contribution in [0.5, 0.6) is 0 Å². The summed E-state index contributed by atoms with van der Waals surface area (Å²) >= 11 is 0. The van der Waals surface area contributed by atoms with Crippen molar-refractivity contribution in [1.29, 1.82) is 0 Å². The van der Waals surface area contributed by atoms with E-state index in [2.05, 4.69) is 15.4 Å². The first-order valence-electron chi connectivity index (χ1n) is 5.63. The lowest BCUT2D eigenvalue weighted by atomic mass is 10.3. The molecule has 0 saturated carbocycles. The fraction of sp³-hybridized carbons (Fsp3) is 0.900. The predicted molar refractivity (Wildman–Crippen MR) is 57.1 cm³/mol. The molecule has 0 spiro atoms. The van der Waals surface area contributed by atoms with Crippen molar-refractivity contribution in [3.05, 3.63) is 0 Å². The second kappa shape index (κ2) is 8.32. The number of rotatable bonds is 7. The molecule has 1 atom stereocenters. The zero-order chi connectivity index (χ0) is 12.5. The molecule has 1 unspecified atom stereocenters. The molecule has 1 fully saturated rings. The Morgan fingerprint density at radius 1 is 1.59 bits per heavy atom. The third-order valence-electron chi connectivity index (χ3n) is 2.25. The minimum atomic E-state index is -2.49. The molecule has 17 heavy (non-hydrogen) atoms. The number of nitrogens with one attached hydrogen (secondary N) is 2. The van der Waals surface area contributed by atoms with Gasteiger partial charge < -0.3 is 20.1 Å². The van der Waals surface area contributed by atoms with Crippen LogP contribution in [0.15, 0.2) is 0 Å². The molecule has 1 aliphatic heterocycles. The standard InChI is InChI=1S/C10H18F2N2O3/c11-9(12)7-16-3-1-10(15)14-6-8-5-13-2-4-17-8/h8-9,13H,1-7H2,(H,14,15). The lowest BCUT2D eigenvalue weighted by molar-refractivity contribution is -0.123. The van der Waals surface area contributed by atoms with Crippen molar-refractivity contribution in [2.75, 3.05) is 39.5 Å². The second-order valence-electron chi connectivity index (χ2n) is 3.72.